The summed E-state index contributed by atoms with van der Waals surface area (Å²) < 4.78 is 62.0. The fourth-order valence-corrected chi connectivity index (χ4v) is 5.38. The summed E-state index contributed by atoms with van der Waals surface area (Å²) in [7, 11) is 0. The van der Waals surface area contributed by atoms with E-state index in [2.05, 4.69) is 0 Å². The number of imide groups is 1. The summed E-state index contributed by atoms with van der Waals surface area (Å²) in [6, 6.07) is 3.72. The smallest absolute Gasteiger partial charge is 0.310 e. The molecule has 0 spiro atoms. The highest BCUT2D eigenvalue weighted by Crippen LogP contribution is 2.39. The third kappa shape index (κ3) is 8.52. The van der Waals surface area contributed by atoms with Gasteiger partial charge in [-0.15, -0.1) is 0 Å². The Balaban J connectivity index is 1.64. The number of anilines is 1. The molecule has 3 amide bonds. The van der Waals surface area contributed by atoms with Crippen LogP contribution in [0, 0.1) is 17.0 Å². The van der Waals surface area contributed by atoms with Gasteiger partial charge in [-0.05, 0) is 63.7 Å². The van der Waals surface area contributed by atoms with Gasteiger partial charge in [0.15, 0.2) is 0 Å². The Kier molecular flexibility index (Phi) is 11.6. The van der Waals surface area contributed by atoms with Crippen LogP contribution in [0.3, 0.4) is 0 Å². The molecule has 0 bridgehead atoms. The van der Waals surface area contributed by atoms with E-state index in [4.69, 9.17) is 0 Å². The van der Waals surface area contributed by atoms with Crippen molar-refractivity contribution in [3.63, 3.8) is 0 Å². The normalized spacial score (nSPS) is 15.9. The van der Waals surface area contributed by atoms with Gasteiger partial charge in [-0.3, -0.25) is 14.9 Å². The molecule has 220 valence electrons. The SMILES string of the molecule is Cc1cc(N2C(=O)N(CCCCCCCCCSCCCC(F)(F)C(F)(F)F)C(C)(C)C2=O)ccc1[N+](=O)[O-]. The van der Waals surface area contributed by atoms with E-state index in [1.807, 2.05) is 0 Å². The van der Waals surface area contributed by atoms with Crippen molar-refractivity contribution in [2.45, 2.75) is 96.2 Å². The maximum absolute atomic E-state index is 13.1. The lowest BCUT2D eigenvalue weighted by atomic mass is 10.0. The number of halogens is 5. The molecule has 1 fully saturated rings. The summed E-state index contributed by atoms with van der Waals surface area (Å²) in [5.74, 6) is -4.00. The number of hydrogen-bond acceptors (Lipinski definition) is 5. The maximum Gasteiger partial charge on any atom is 0.453 e. The van der Waals surface area contributed by atoms with Gasteiger partial charge in [-0.2, -0.15) is 33.7 Å². The summed E-state index contributed by atoms with van der Waals surface area (Å²) in [4.78, 5) is 39.3. The van der Waals surface area contributed by atoms with Crippen LogP contribution in [0.4, 0.5) is 38.1 Å². The number of alkyl halides is 5. The number of nitro groups is 1. The molecule has 0 aliphatic carbocycles. The Morgan fingerprint density at radius 1 is 0.923 bits per heavy atom. The number of hydrogen-bond donors (Lipinski definition) is 0. The standard InChI is InChI=1S/C26H36F5N3O4S/c1-19-18-20(12-13-21(19)34(37)38)33-22(35)24(2,3)32(23(33)36)15-9-7-5-4-6-8-10-16-39-17-11-14-25(27,28)26(29,30)31/h12-13,18H,4-11,14-17H2,1-3H3. The average molecular weight is 582 g/mol. The second-order valence-corrected chi connectivity index (χ2v) is 11.5. The van der Waals surface area contributed by atoms with Gasteiger partial charge in [0.05, 0.1) is 10.6 Å². The van der Waals surface area contributed by atoms with Gasteiger partial charge in [0.25, 0.3) is 11.6 Å². The summed E-state index contributed by atoms with van der Waals surface area (Å²) in [5, 5.41) is 11.1. The number of thioether (sulfide) groups is 1. The fourth-order valence-electron chi connectivity index (χ4n) is 4.42. The number of nitrogens with zero attached hydrogens (tertiary/aromatic N) is 3. The minimum atomic E-state index is -5.48. The molecule has 39 heavy (non-hydrogen) atoms. The highest BCUT2D eigenvalue weighted by Gasteiger charge is 2.56. The van der Waals surface area contributed by atoms with Crippen molar-refractivity contribution in [3.05, 3.63) is 33.9 Å². The van der Waals surface area contributed by atoms with E-state index in [9.17, 15) is 41.7 Å². The van der Waals surface area contributed by atoms with Crippen LogP contribution in [-0.4, -0.2) is 57.4 Å². The third-order valence-corrected chi connectivity index (χ3v) is 7.98. The predicted octanol–water partition coefficient (Wildman–Crippen LogP) is 7.89. The largest absolute Gasteiger partial charge is 0.453 e. The third-order valence-electron chi connectivity index (χ3n) is 6.82. The number of unbranched alkanes of at least 4 members (excludes halogenated alkanes) is 6. The van der Waals surface area contributed by atoms with Crippen molar-refractivity contribution >= 4 is 35.1 Å². The van der Waals surface area contributed by atoms with Crippen molar-refractivity contribution in [3.8, 4) is 0 Å². The lowest BCUT2D eigenvalue weighted by Gasteiger charge is -2.27. The molecule has 0 N–H and O–H groups in total. The van der Waals surface area contributed by atoms with Gasteiger partial charge in [-0.25, -0.2) is 9.69 Å². The Morgan fingerprint density at radius 2 is 1.49 bits per heavy atom. The zero-order valence-corrected chi connectivity index (χ0v) is 23.3. The molecule has 0 radical (unpaired) electrons. The van der Waals surface area contributed by atoms with Gasteiger partial charge in [-0.1, -0.05) is 32.1 Å². The lowest BCUT2D eigenvalue weighted by Crippen LogP contribution is -2.44. The first kappa shape index (κ1) is 32.8. The second-order valence-electron chi connectivity index (χ2n) is 10.3. The number of urea groups is 1. The topological polar surface area (TPSA) is 83.8 Å². The van der Waals surface area contributed by atoms with Crippen molar-refractivity contribution < 1.29 is 36.5 Å². The highest BCUT2D eigenvalue weighted by atomic mass is 32.2. The average Bonchev–Trinajstić information content (AvgIpc) is 2.99. The lowest BCUT2D eigenvalue weighted by molar-refractivity contribution is -0.385. The molecule has 7 nitrogen and oxygen atoms in total. The van der Waals surface area contributed by atoms with Crippen molar-refractivity contribution in [1.82, 2.24) is 4.90 Å². The number of carbonyl (C=O) groups is 2. The Morgan fingerprint density at radius 3 is 2.05 bits per heavy atom. The number of aryl methyl sites for hydroxylation is 1. The van der Waals surface area contributed by atoms with E-state index in [0.717, 1.165) is 49.2 Å². The minimum Gasteiger partial charge on any atom is -0.310 e. The predicted molar refractivity (Wildman–Crippen MR) is 141 cm³/mol. The molecule has 0 unspecified atom stereocenters. The molecular formula is C26H36F5N3O4S. The van der Waals surface area contributed by atoms with Crippen LogP contribution in [0.1, 0.15) is 77.2 Å². The molecule has 1 aliphatic rings. The van der Waals surface area contributed by atoms with Crippen LogP contribution in [0.15, 0.2) is 18.2 Å². The Labute approximate surface area is 229 Å². The van der Waals surface area contributed by atoms with Crippen LogP contribution < -0.4 is 4.90 Å². The first-order chi connectivity index (χ1) is 18.1. The zero-order chi connectivity index (χ0) is 29.4. The number of amides is 3. The van der Waals surface area contributed by atoms with Crippen molar-refractivity contribution in [1.29, 1.82) is 0 Å². The van der Waals surface area contributed by atoms with E-state index in [1.54, 1.807) is 20.8 Å². The molecule has 1 aliphatic heterocycles. The first-order valence-corrected chi connectivity index (χ1v) is 14.2. The molecule has 1 saturated heterocycles. The number of nitro benzene ring substituents is 1. The number of rotatable bonds is 16. The Bertz CT molecular complexity index is 1020. The molecule has 13 heteroatoms. The van der Waals surface area contributed by atoms with Gasteiger partial charge >= 0.3 is 18.1 Å². The summed E-state index contributed by atoms with van der Waals surface area (Å²) in [5.41, 5.74) is -0.452. The van der Waals surface area contributed by atoms with Crippen molar-refractivity contribution in [2.75, 3.05) is 23.0 Å². The number of carbonyl (C=O) groups excluding carboxylic acids is 2. The second kappa shape index (κ2) is 13.8. The zero-order valence-electron chi connectivity index (χ0n) is 22.5. The maximum atomic E-state index is 13.1. The van der Waals surface area contributed by atoms with E-state index >= 15 is 0 Å². The monoisotopic (exact) mass is 581 g/mol. The highest BCUT2D eigenvalue weighted by molar-refractivity contribution is 7.99. The molecule has 2 rings (SSSR count). The van der Waals surface area contributed by atoms with Gasteiger partial charge < -0.3 is 4.90 Å². The summed E-state index contributed by atoms with van der Waals surface area (Å²) in [6.45, 7) is 5.33. The van der Waals surface area contributed by atoms with Crippen LogP contribution in [0.25, 0.3) is 0 Å². The molecular weight excluding hydrogens is 545 g/mol. The van der Waals surface area contributed by atoms with Crippen LogP contribution in [0.2, 0.25) is 0 Å². The minimum absolute atomic E-state index is 0.0834. The molecule has 1 aromatic carbocycles. The molecule has 0 atom stereocenters. The quantitative estimate of drug-likeness (QED) is 0.0652. The van der Waals surface area contributed by atoms with Crippen LogP contribution in [-0.2, 0) is 4.79 Å². The Hall–Kier alpha value is -2.44. The fraction of sp³-hybridized carbons (Fsp3) is 0.692. The van der Waals surface area contributed by atoms with Gasteiger partial charge in [0.1, 0.15) is 5.54 Å². The summed E-state index contributed by atoms with van der Waals surface area (Å²) in [6.07, 6.45) is -0.527. The molecule has 0 aromatic heterocycles. The number of benzene rings is 1. The van der Waals surface area contributed by atoms with Crippen LogP contribution in [0.5, 0.6) is 0 Å². The molecule has 0 saturated carbocycles. The van der Waals surface area contributed by atoms with Crippen molar-refractivity contribution in [2.24, 2.45) is 0 Å². The van der Waals surface area contributed by atoms with E-state index in [0.29, 0.717) is 24.2 Å². The van der Waals surface area contributed by atoms with Crippen LogP contribution >= 0.6 is 11.8 Å². The molecule has 1 heterocycles. The van der Waals surface area contributed by atoms with Gasteiger partial charge in [0, 0.05) is 24.6 Å². The molecule has 1 aromatic rings. The van der Waals surface area contributed by atoms with E-state index in [-0.39, 0.29) is 23.8 Å². The van der Waals surface area contributed by atoms with Gasteiger partial charge in [0.2, 0.25) is 0 Å². The van der Waals surface area contributed by atoms with E-state index in [1.165, 1.54) is 34.9 Å². The first-order valence-electron chi connectivity index (χ1n) is 13.0. The summed E-state index contributed by atoms with van der Waals surface area (Å²) >= 11 is 1.39. The van der Waals surface area contributed by atoms with E-state index < -0.39 is 35.0 Å².